The van der Waals surface area contributed by atoms with Gasteiger partial charge < -0.3 is 5.32 Å². The molecule has 0 aliphatic rings. The van der Waals surface area contributed by atoms with E-state index < -0.39 is 0 Å². The Kier molecular flexibility index (Phi) is 3.81. The third-order valence-corrected chi connectivity index (χ3v) is 3.72. The molecule has 2 N–H and O–H groups in total. The summed E-state index contributed by atoms with van der Waals surface area (Å²) in [7, 11) is 0. The molecule has 21 heavy (non-hydrogen) atoms. The van der Waals surface area contributed by atoms with Crippen LogP contribution in [0.1, 0.15) is 23.4 Å². The Morgan fingerprint density at radius 2 is 1.90 bits per heavy atom. The third kappa shape index (κ3) is 2.86. The van der Waals surface area contributed by atoms with Crippen LogP contribution in [0.3, 0.4) is 0 Å². The molecule has 0 amide bonds. The summed E-state index contributed by atoms with van der Waals surface area (Å²) in [5.41, 5.74) is 3.39. The van der Waals surface area contributed by atoms with E-state index in [-0.39, 0.29) is 0 Å². The number of H-pyrrole nitrogens is 1. The van der Waals surface area contributed by atoms with Crippen molar-refractivity contribution < 1.29 is 0 Å². The fraction of sp³-hybridized carbons (Fsp3) is 0.312. The number of benzene rings is 1. The van der Waals surface area contributed by atoms with E-state index >= 15 is 0 Å². The zero-order valence-electron chi connectivity index (χ0n) is 12.3. The van der Waals surface area contributed by atoms with Crippen LogP contribution in [0.15, 0.2) is 30.5 Å². The third-order valence-electron chi connectivity index (χ3n) is 3.72. The second-order valence-corrected chi connectivity index (χ2v) is 5.23. The van der Waals surface area contributed by atoms with Crippen LogP contribution >= 0.6 is 0 Å². The summed E-state index contributed by atoms with van der Waals surface area (Å²) >= 11 is 0. The molecule has 1 aromatic carbocycles. The highest BCUT2D eigenvalue weighted by Gasteiger charge is 2.06. The predicted molar refractivity (Wildman–Crippen MR) is 84.4 cm³/mol. The van der Waals surface area contributed by atoms with E-state index in [0.717, 1.165) is 47.4 Å². The smallest absolute Gasteiger partial charge is 0.156 e. The van der Waals surface area contributed by atoms with Crippen LogP contribution in [-0.4, -0.2) is 26.9 Å². The molecule has 0 aliphatic carbocycles. The van der Waals surface area contributed by atoms with Crippen LogP contribution in [0, 0.1) is 13.8 Å². The van der Waals surface area contributed by atoms with Gasteiger partial charge in [0.15, 0.2) is 5.82 Å². The molecule has 0 spiro atoms. The molecule has 0 unspecified atom stereocenters. The van der Waals surface area contributed by atoms with Crippen molar-refractivity contribution >= 4 is 16.6 Å². The van der Waals surface area contributed by atoms with Crippen molar-refractivity contribution in [2.45, 2.75) is 26.7 Å². The number of aromatic amines is 1. The zero-order chi connectivity index (χ0) is 14.7. The van der Waals surface area contributed by atoms with Gasteiger partial charge in [-0.25, -0.2) is 0 Å². The Balaban J connectivity index is 1.66. The van der Waals surface area contributed by atoms with Gasteiger partial charge in [-0.2, -0.15) is 10.2 Å². The van der Waals surface area contributed by atoms with E-state index in [0.29, 0.717) is 0 Å². The van der Waals surface area contributed by atoms with Crippen molar-refractivity contribution in [2.75, 3.05) is 11.9 Å². The molecular weight excluding hydrogens is 262 g/mol. The Morgan fingerprint density at radius 3 is 2.67 bits per heavy atom. The highest BCUT2D eigenvalue weighted by Crippen LogP contribution is 2.22. The number of hydrogen-bond donors (Lipinski definition) is 2. The van der Waals surface area contributed by atoms with E-state index in [1.807, 2.05) is 25.3 Å². The second-order valence-electron chi connectivity index (χ2n) is 5.23. The normalized spacial score (nSPS) is 11.0. The summed E-state index contributed by atoms with van der Waals surface area (Å²) in [4.78, 5) is 0. The van der Waals surface area contributed by atoms with E-state index in [9.17, 15) is 0 Å². The summed E-state index contributed by atoms with van der Waals surface area (Å²) in [6.45, 7) is 4.90. The van der Waals surface area contributed by atoms with Crippen molar-refractivity contribution in [2.24, 2.45) is 0 Å². The van der Waals surface area contributed by atoms with Gasteiger partial charge in [-0.15, -0.1) is 5.10 Å². The molecule has 0 aliphatic heterocycles. The average molecular weight is 281 g/mol. The summed E-state index contributed by atoms with van der Waals surface area (Å²) in [5, 5.41) is 21.2. The maximum absolute atomic E-state index is 4.28. The molecule has 5 nitrogen and oxygen atoms in total. The van der Waals surface area contributed by atoms with E-state index in [1.165, 1.54) is 5.56 Å². The molecule has 3 rings (SSSR count). The lowest BCUT2D eigenvalue weighted by Gasteiger charge is -2.09. The number of anilines is 1. The molecule has 108 valence electrons. The molecule has 0 fully saturated rings. The molecule has 0 atom stereocenters. The maximum atomic E-state index is 4.28. The van der Waals surface area contributed by atoms with Gasteiger partial charge in [0.25, 0.3) is 0 Å². The number of fused-ring (bicyclic) bond motifs is 1. The first-order valence-electron chi connectivity index (χ1n) is 7.20. The number of aromatic nitrogens is 4. The van der Waals surface area contributed by atoms with E-state index in [2.05, 4.69) is 44.8 Å². The first-order chi connectivity index (χ1) is 10.3. The SMILES string of the molecule is Cc1[nH]ncc1CCCNc1nnc(C)c2ccccc12. The fourth-order valence-electron chi connectivity index (χ4n) is 2.48. The van der Waals surface area contributed by atoms with Crippen LogP contribution in [0.25, 0.3) is 10.8 Å². The van der Waals surface area contributed by atoms with Gasteiger partial charge in [0.05, 0.1) is 11.9 Å². The molecule has 0 saturated carbocycles. The van der Waals surface area contributed by atoms with Crippen molar-refractivity contribution in [3.63, 3.8) is 0 Å². The van der Waals surface area contributed by atoms with Crippen molar-refractivity contribution in [1.82, 2.24) is 20.4 Å². The molecular formula is C16H19N5. The van der Waals surface area contributed by atoms with Crippen molar-refractivity contribution in [1.29, 1.82) is 0 Å². The average Bonchev–Trinajstić information content (AvgIpc) is 2.91. The Morgan fingerprint density at radius 1 is 1.10 bits per heavy atom. The molecule has 5 heteroatoms. The molecule has 0 radical (unpaired) electrons. The van der Waals surface area contributed by atoms with Gasteiger partial charge in [-0.05, 0) is 32.3 Å². The fourth-order valence-corrected chi connectivity index (χ4v) is 2.48. The van der Waals surface area contributed by atoms with Crippen LogP contribution in [0.4, 0.5) is 5.82 Å². The van der Waals surface area contributed by atoms with Gasteiger partial charge in [0.2, 0.25) is 0 Å². The number of nitrogens with one attached hydrogen (secondary N) is 2. The zero-order valence-corrected chi connectivity index (χ0v) is 12.3. The summed E-state index contributed by atoms with van der Waals surface area (Å²) in [6.07, 6.45) is 3.94. The Labute approximate surface area is 123 Å². The van der Waals surface area contributed by atoms with Crippen molar-refractivity contribution in [3.05, 3.63) is 47.4 Å². The molecule has 2 aromatic heterocycles. The second kappa shape index (κ2) is 5.91. The topological polar surface area (TPSA) is 66.5 Å². The van der Waals surface area contributed by atoms with Crippen LogP contribution in [0.5, 0.6) is 0 Å². The maximum Gasteiger partial charge on any atom is 0.156 e. The largest absolute Gasteiger partial charge is 0.368 e. The predicted octanol–water partition coefficient (Wildman–Crippen LogP) is 3.01. The van der Waals surface area contributed by atoms with Crippen LogP contribution in [-0.2, 0) is 6.42 Å². The standard InChI is InChI=1S/C16H19N5/c1-11-13(10-18-19-11)6-5-9-17-16-15-8-4-3-7-14(15)12(2)20-21-16/h3-4,7-8,10H,5-6,9H2,1-2H3,(H,17,21)(H,18,19). The quantitative estimate of drug-likeness (QED) is 0.705. The minimum absolute atomic E-state index is 0.861. The summed E-state index contributed by atoms with van der Waals surface area (Å²) < 4.78 is 0. The van der Waals surface area contributed by atoms with Crippen molar-refractivity contribution in [3.8, 4) is 0 Å². The monoisotopic (exact) mass is 281 g/mol. The Hall–Kier alpha value is -2.43. The highest BCUT2D eigenvalue weighted by molar-refractivity contribution is 5.92. The first-order valence-corrected chi connectivity index (χ1v) is 7.20. The van der Waals surface area contributed by atoms with Crippen LogP contribution < -0.4 is 5.32 Å². The van der Waals surface area contributed by atoms with Crippen LogP contribution in [0.2, 0.25) is 0 Å². The molecule has 2 heterocycles. The van der Waals surface area contributed by atoms with E-state index in [4.69, 9.17) is 0 Å². The lowest BCUT2D eigenvalue weighted by molar-refractivity contribution is 0.849. The minimum atomic E-state index is 0.861. The van der Waals surface area contributed by atoms with Gasteiger partial charge in [0, 0.05) is 23.0 Å². The van der Waals surface area contributed by atoms with Gasteiger partial charge >= 0.3 is 0 Å². The molecule has 0 saturated heterocycles. The minimum Gasteiger partial charge on any atom is -0.368 e. The van der Waals surface area contributed by atoms with Gasteiger partial charge in [-0.1, -0.05) is 24.3 Å². The van der Waals surface area contributed by atoms with Gasteiger partial charge in [-0.3, -0.25) is 5.10 Å². The number of nitrogens with zero attached hydrogens (tertiary/aromatic N) is 3. The lowest BCUT2D eigenvalue weighted by atomic mass is 10.1. The summed E-state index contributed by atoms with van der Waals surface area (Å²) in [5.74, 6) is 0.861. The number of rotatable bonds is 5. The lowest BCUT2D eigenvalue weighted by Crippen LogP contribution is -2.06. The van der Waals surface area contributed by atoms with Gasteiger partial charge in [0.1, 0.15) is 0 Å². The molecule has 0 bridgehead atoms. The van der Waals surface area contributed by atoms with E-state index in [1.54, 1.807) is 0 Å². The molecule has 3 aromatic rings. The summed E-state index contributed by atoms with van der Waals surface area (Å²) in [6, 6.07) is 8.23. The number of aryl methyl sites for hydroxylation is 3. The highest BCUT2D eigenvalue weighted by atomic mass is 15.2. The number of hydrogen-bond acceptors (Lipinski definition) is 4. The Bertz CT molecular complexity index is 747. The first kappa shape index (κ1) is 13.5.